The molecule has 4 N–H and O–H groups in total. The summed E-state index contributed by atoms with van der Waals surface area (Å²) in [6.45, 7) is 0.516. The van der Waals surface area contributed by atoms with Gasteiger partial charge in [-0.2, -0.15) is 0 Å². The van der Waals surface area contributed by atoms with E-state index < -0.39 is 11.0 Å². The number of rotatable bonds is 9. The molecular formula is C25H25N3O3S. The van der Waals surface area contributed by atoms with Gasteiger partial charge in [0, 0.05) is 12.1 Å². The van der Waals surface area contributed by atoms with Gasteiger partial charge in [0.05, 0.1) is 17.8 Å². The molecule has 0 saturated heterocycles. The van der Waals surface area contributed by atoms with Gasteiger partial charge >= 0.3 is 5.97 Å². The predicted molar refractivity (Wildman–Crippen MR) is 130 cm³/mol. The molecule has 0 aliphatic carbocycles. The Morgan fingerprint density at radius 2 is 1.44 bits per heavy atom. The fourth-order valence-electron chi connectivity index (χ4n) is 3.66. The molecule has 0 spiro atoms. The highest BCUT2D eigenvalue weighted by atomic mass is 32.2. The van der Waals surface area contributed by atoms with Crippen molar-refractivity contribution in [2.75, 3.05) is 22.9 Å². The number of para-hydroxylation sites is 2. The van der Waals surface area contributed by atoms with E-state index in [1.165, 1.54) is 11.8 Å². The van der Waals surface area contributed by atoms with Crippen molar-refractivity contribution in [3.63, 3.8) is 0 Å². The molecule has 7 heteroatoms. The Morgan fingerprint density at radius 3 is 2.06 bits per heavy atom. The molecule has 1 amide bonds. The molecule has 0 saturated carbocycles. The summed E-state index contributed by atoms with van der Waals surface area (Å²) < 4.78 is 0. The van der Waals surface area contributed by atoms with Crippen LogP contribution in [-0.2, 0) is 4.79 Å². The minimum atomic E-state index is -0.877. The normalized spacial score (nSPS) is 13.5. The maximum absolute atomic E-state index is 12.4. The summed E-state index contributed by atoms with van der Waals surface area (Å²) in [4.78, 5) is 23.1. The standard InChI is InChI=1S/C25H25N3O3S/c29-23(30)17-25(27-21-9-4-5-10-22(21)28-25)32-16-6-15-26-24(31)20-13-11-19(12-14-20)18-7-2-1-3-8-18/h1-5,7-14,27-28H,6,15-17H2,(H,26,31)(H,29,30). The number of anilines is 2. The Balaban J connectivity index is 1.26. The molecule has 0 atom stereocenters. The molecule has 0 bridgehead atoms. The molecule has 0 unspecified atom stereocenters. The van der Waals surface area contributed by atoms with Gasteiger partial charge in [0.2, 0.25) is 0 Å². The Kier molecular flexibility index (Phi) is 6.66. The van der Waals surface area contributed by atoms with Gasteiger partial charge in [-0.05, 0) is 47.6 Å². The van der Waals surface area contributed by atoms with Gasteiger partial charge in [-0.3, -0.25) is 9.59 Å². The summed E-state index contributed by atoms with van der Waals surface area (Å²) in [6, 6.07) is 25.3. The molecule has 3 aromatic carbocycles. The van der Waals surface area contributed by atoms with E-state index in [4.69, 9.17) is 0 Å². The minimum Gasteiger partial charge on any atom is -0.481 e. The average molecular weight is 448 g/mol. The van der Waals surface area contributed by atoms with Gasteiger partial charge in [-0.25, -0.2) is 0 Å². The zero-order chi connectivity index (χ0) is 22.4. The van der Waals surface area contributed by atoms with Crippen molar-refractivity contribution in [3.05, 3.63) is 84.4 Å². The number of aliphatic carboxylic acids is 1. The maximum Gasteiger partial charge on any atom is 0.308 e. The number of hydrogen-bond acceptors (Lipinski definition) is 5. The third kappa shape index (κ3) is 5.23. The number of carboxylic acids is 1. The number of amides is 1. The lowest BCUT2D eigenvalue weighted by Gasteiger charge is -2.28. The summed E-state index contributed by atoms with van der Waals surface area (Å²) in [5, 5.41) is 18.9. The lowest BCUT2D eigenvalue weighted by atomic mass is 10.0. The van der Waals surface area contributed by atoms with Crippen molar-refractivity contribution in [1.29, 1.82) is 0 Å². The second-order valence-corrected chi connectivity index (χ2v) is 8.99. The van der Waals surface area contributed by atoms with Crippen LogP contribution in [0.15, 0.2) is 78.9 Å². The van der Waals surface area contributed by atoms with Crippen LogP contribution in [0.4, 0.5) is 11.4 Å². The second-order valence-electron chi connectivity index (χ2n) is 7.59. The molecule has 32 heavy (non-hydrogen) atoms. The fourth-order valence-corrected chi connectivity index (χ4v) is 4.89. The Hall–Kier alpha value is -3.45. The molecular weight excluding hydrogens is 422 g/mol. The first kappa shape index (κ1) is 21.8. The molecule has 0 fully saturated rings. The summed E-state index contributed by atoms with van der Waals surface area (Å²) in [5.41, 5.74) is 4.60. The van der Waals surface area contributed by atoms with Gasteiger partial charge in [-0.1, -0.05) is 54.6 Å². The predicted octanol–water partition coefficient (Wildman–Crippen LogP) is 4.87. The lowest BCUT2D eigenvalue weighted by molar-refractivity contribution is -0.137. The van der Waals surface area contributed by atoms with Crippen molar-refractivity contribution in [3.8, 4) is 11.1 Å². The smallest absolute Gasteiger partial charge is 0.308 e. The number of fused-ring (bicyclic) bond motifs is 1. The molecule has 1 heterocycles. The van der Waals surface area contributed by atoms with Crippen LogP contribution in [0, 0.1) is 0 Å². The van der Waals surface area contributed by atoms with E-state index in [0.717, 1.165) is 28.9 Å². The molecule has 1 aliphatic rings. The van der Waals surface area contributed by atoms with Crippen LogP contribution in [0.1, 0.15) is 23.2 Å². The van der Waals surface area contributed by atoms with Crippen LogP contribution in [0.25, 0.3) is 11.1 Å². The largest absolute Gasteiger partial charge is 0.481 e. The monoisotopic (exact) mass is 447 g/mol. The van der Waals surface area contributed by atoms with Gasteiger partial charge < -0.3 is 21.1 Å². The molecule has 164 valence electrons. The first-order chi connectivity index (χ1) is 15.5. The van der Waals surface area contributed by atoms with E-state index in [1.54, 1.807) is 0 Å². The lowest BCUT2D eigenvalue weighted by Crippen LogP contribution is -2.41. The van der Waals surface area contributed by atoms with E-state index in [9.17, 15) is 14.7 Å². The molecule has 0 radical (unpaired) electrons. The van der Waals surface area contributed by atoms with E-state index in [2.05, 4.69) is 16.0 Å². The molecule has 1 aliphatic heterocycles. The third-order valence-corrected chi connectivity index (χ3v) is 6.54. The highest BCUT2D eigenvalue weighted by Gasteiger charge is 2.38. The van der Waals surface area contributed by atoms with Crippen LogP contribution in [0.5, 0.6) is 0 Å². The van der Waals surface area contributed by atoms with Crippen LogP contribution in [-0.4, -0.2) is 34.3 Å². The maximum atomic E-state index is 12.4. The van der Waals surface area contributed by atoms with Crippen LogP contribution in [0.3, 0.4) is 0 Å². The topological polar surface area (TPSA) is 90.5 Å². The fraction of sp³-hybridized carbons (Fsp3) is 0.200. The summed E-state index contributed by atoms with van der Waals surface area (Å²) >= 11 is 1.51. The van der Waals surface area contributed by atoms with E-state index in [0.29, 0.717) is 17.9 Å². The summed E-state index contributed by atoms with van der Waals surface area (Å²) in [7, 11) is 0. The molecule has 3 aromatic rings. The average Bonchev–Trinajstić information content (AvgIpc) is 3.16. The second kappa shape index (κ2) is 9.78. The zero-order valence-electron chi connectivity index (χ0n) is 17.5. The number of nitrogens with one attached hydrogen (secondary N) is 3. The van der Waals surface area contributed by atoms with E-state index in [-0.39, 0.29) is 12.3 Å². The van der Waals surface area contributed by atoms with Crippen molar-refractivity contribution in [2.24, 2.45) is 0 Å². The van der Waals surface area contributed by atoms with Crippen molar-refractivity contribution < 1.29 is 14.7 Å². The number of benzene rings is 3. The Labute approximate surface area is 191 Å². The van der Waals surface area contributed by atoms with Crippen LogP contribution in [0.2, 0.25) is 0 Å². The van der Waals surface area contributed by atoms with Crippen molar-refractivity contribution >= 4 is 35.0 Å². The Morgan fingerprint density at radius 1 is 0.844 bits per heavy atom. The van der Waals surface area contributed by atoms with Crippen LogP contribution >= 0.6 is 11.8 Å². The van der Waals surface area contributed by atoms with Gasteiger partial charge in [0.25, 0.3) is 5.91 Å². The summed E-state index contributed by atoms with van der Waals surface area (Å²) in [6.07, 6.45) is 0.659. The minimum absolute atomic E-state index is 0.0630. The number of hydrogen-bond donors (Lipinski definition) is 4. The zero-order valence-corrected chi connectivity index (χ0v) is 18.3. The van der Waals surface area contributed by atoms with Gasteiger partial charge in [-0.15, -0.1) is 11.8 Å². The van der Waals surface area contributed by atoms with Crippen molar-refractivity contribution in [1.82, 2.24) is 5.32 Å². The van der Waals surface area contributed by atoms with E-state index >= 15 is 0 Å². The number of carbonyl (C=O) groups excluding carboxylic acids is 1. The third-order valence-electron chi connectivity index (χ3n) is 5.21. The quantitative estimate of drug-likeness (QED) is 0.350. The number of carboxylic acid groups (broad SMARTS) is 1. The van der Waals surface area contributed by atoms with Crippen LogP contribution < -0.4 is 16.0 Å². The number of carbonyl (C=O) groups is 2. The first-order valence-electron chi connectivity index (χ1n) is 10.5. The molecule has 0 aromatic heterocycles. The highest BCUT2D eigenvalue weighted by molar-refractivity contribution is 8.00. The van der Waals surface area contributed by atoms with Gasteiger partial charge in [0.1, 0.15) is 0 Å². The van der Waals surface area contributed by atoms with Crippen molar-refractivity contribution in [2.45, 2.75) is 17.8 Å². The SMILES string of the molecule is O=C(O)CC1(SCCCNC(=O)c2ccc(-c3ccccc3)cc2)Nc2ccccc2N1. The first-order valence-corrected chi connectivity index (χ1v) is 11.5. The number of thioether (sulfide) groups is 1. The van der Waals surface area contributed by atoms with Gasteiger partial charge in [0.15, 0.2) is 4.99 Å². The molecule has 6 nitrogen and oxygen atoms in total. The molecule has 4 rings (SSSR count). The van der Waals surface area contributed by atoms with E-state index in [1.807, 2.05) is 78.9 Å². The highest BCUT2D eigenvalue weighted by Crippen LogP contribution is 2.41. The Bertz CT molecular complexity index is 1060. The summed E-state index contributed by atoms with van der Waals surface area (Å²) in [5.74, 6) is -0.300.